The summed E-state index contributed by atoms with van der Waals surface area (Å²) >= 11 is 6.32. The molecular formula is C15H22BClO2. The van der Waals surface area contributed by atoms with Crippen LogP contribution >= 0.6 is 11.6 Å². The van der Waals surface area contributed by atoms with Crippen molar-refractivity contribution < 1.29 is 9.31 Å². The maximum absolute atomic E-state index is 6.32. The molecule has 0 unspecified atom stereocenters. The van der Waals surface area contributed by atoms with E-state index >= 15 is 0 Å². The molecule has 1 aromatic rings. The van der Waals surface area contributed by atoms with Gasteiger partial charge in [0.15, 0.2) is 0 Å². The average Bonchev–Trinajstić information content (AvgIpc) is 2.51. The van der Waals surface area contributed by atoms with Crippen molar-refractivity contribution in [2.75, 3.05) is 0 Å². The number of halogens is 1. The van der Waals surface area contributed by atoms with E-state index in [1.54, 1.807) is 0 Å². The Balaban J connectivity index is 2.23. The Morgan fingerprint density at radius 2 is 1.68 bits per heavy atom. The van der Waals surface area contributed by atoms with Crippen LogP contribution < -0.4 is 5.46 Å². The quantitative estimate of drug-likeness (QED) is 0.788. The maximum atomic E-state index is 6.32. The second-order valence-corrected chi connectivity index (χ2v) is 6.60. The van der Waals surface area contributed by atoms with Gasteiger partial charge in [-0.15, -0.1) is 0 Å². The summed E-state index contributed by atoms with van der Waals surface area (Å²) in [4.78, 5) is 0. The van der Waals surface area contributed by atoms with Gasteiger partial charge in [-0.2, -0.15) is 0 Å². The van der Waals surface area contributed by atoms with Crippen molar-refractivity contribution in [1.29, 1.82) is 0 Å². The largest absolute Gasteiger partial charge is 0.494 e. The lowest BCUT2D eigenvalue weighted by atomic mass is 9.78. The van der Waals surface area contributed by atoms with Crippen LogP contribution in [0.3, 0.4) is 0 Å². The molecule has 0 aromatic heterocycles. The SMILES string of the molecule is CCCc1ccc(B2OC(C)(C)C(C)(C)O2)cc1Cl. The molecule has 0 spiro atoms. The van der Waals surface area contributed by atoms with Gasteiger partial charge in [-0.3, -0.25) is 0 Å². The fourth-order valence-electron chi connectivity index (χ4n) is 2.16. The first kappa shape index (κ1) is 14.9. The summed E-state index contributed by atoms with van der Waals surface area (Å²) in [6.45, 7) is 10.4. The molecule has 1 heterocycles. The fraction of sp³-hybridized carbons (Fsp3) is 0.600. The third-order valence-corrected chi connectivity index (χ3v) is 4.47. The lowest BCUT2D eigenvalue weighted by molar-refractivity contribution is 0.00578. The molecule has 19 heavy (non-hydrogen) atoms. The molecule has 1 aliphatic heterocycles. The fourth-order valence-corrected chi connectivity index (χ4v) is 2.44. The predicted octanol–water partition coefficient (Wildman–Crippen LogP) is 3.59. The normalized spacial score (nSPS) is 20.8. The van der Waals surface area contributed by atoms with E-state index in [9.17, 15) is 0 Å². The molecule has 0 atom stereocenters. The Morgan fingerprint density at radius 1 is 1.11 bits per heavy atom. The molecule has 0 N–H and O–H groups in total. The molecule has 2 rings (SSSR count). The van der Waals surface area contributed by atoms with E-state index in [1.165, 1.54) is 5.56 Å². The molecule has 4 heteroatoms. The van der Waals surface area contributed by atoms with Crippen LogP contribution in [0.1, 0.15) is 46.6 Å². The lowest BCUT2D eigenvalue weighted by Gasteiger charge is -2.32. The third-order valence-electron chi connectivity index (χ3n) is 4.12. The Kier molecular flexibility index (Phi) is 4.01. The van der Waals surface area contributed by atoms with Crippen molar-refractivity contribution in [3.63, 3.8) is 0 Å². The van der Waals surface area contributed by atoms with Crippen LogP contribution in [0.5, 0.6) is 0 Å². The molecule has 1 saturated heterocycles. The van der Waals surface area contributed by atoms with Crippen LogP contribution in [0.25, 0.3) is 0 Å². The Hall–Kier alpha value is -0.505. The van der Waals surface area contributed by atoms with Gasteiger partial charge in [0.1, 0.15) is 0 Å². The van der Waals surface area contributed by atoms with Gasteiger partial charge in [-0.25, -0.2) is 0 Å². The van der Waals surface area contributed by atoms with Crippen LogP contribution in [0.2, 0.25) is 5.02 Å². The van der Waals surface area contributed by atoms with E-state index in [0.717, 1.165) is 23.3 Å². The summed E-state index contributed by atoms with van der Waals surface area (Å²) in [7, 11) is -0.335. The van der Waals surface area contributed by atoms with E-state index in [2.05, 4.69) is 46.8 Å². The zero-order chi connectivity index (χ0) is 14.3. The first-order valence-electron chi connectivity index (χ1n) is 6.91. The predicted molar refractivity (Wildman–Crippen MR) is 81.2 cm³/mol. The van der Waals surface area contributed by atoms with Crippen LogP contribution in [-0.2, 0) is 15.7 Å². The molecule has 0 bridgehead atoms. The van der Waals surface area contributed by atoms with E-state index in [-0.39, 0.29) is 18.3 Å². The summed E-state index contributed by atoms with van der Waals surface area (Å²) in [6, 6.07) is 6.10. The molecular weight excluding hydrogens is 258 g/mol. The van der Waals surface area contributed by atoms with Crippen LogP contribution in [0.15, 0.2) is 18.2 Å². The summed E-state index contributed by atoms with van der Waals surface area (Å²) < 4.78 is 12.0. The monoisotopic (exact) mass is 280 g/mol. The van der Waals surface area contributed by atoms with Crippen molar-refractivity contribution >= 4 is 24.2 Å². The minimum absolute atomic E-state index is 0.313. The minimum atomic E-state index is -0.335. The van der Waals surface area contributed by atoms with Crippen molar-refractivity contribution in [2.24, 2.45) is 0 Å². The molecule has 104 valence electrons. The van der Waals surface area contributed by atoms with Gasteiger partial charge in [-0.05, 0) is 51.2 Å². The smallest absolute Gasteiger partial charge is 0.399 e. The van der Waals surface area contributed by atoms with Gasteiger partial charge < -0.3 is 9.31 Å². The average molecular weight is 281 g/mol. The second-order valence-electron chi connectivity index (χ2n) is 6.19. The zero-order valence-corrected chi connectivity index (χ0v) is 13.2. The Bertz CT molecular complexity index is 455. The van der Waals surface area contributed by atoms with E-state index < -0.39 is 0 Å². The highest BCUT2D eigenvalue weighted by Gasteiger charge is 2.51. The topological polar surface area (TPSA) is 18.5 Å². The van der Waals surface area contributed by atoms with Gasteiger partial charge in [0, 0.05) is 5.02 Å². The Labute approximate surface area is 121 Å². The number of benzene rings is 1. The molecule has 0 aliphatic carbocycles. The van der Waals surface area contributed by atoms with Crippen LogP contribution in [-0.4, -0.2) is 18.3 Å². The van der Waals surface area contributed by atoms with Gasteiger partial charge in [0.05, 0.1) is 11.2 Å². The minimum Gasteiger partial charge on any atom is -0.399 e. The number of aryl methyl sites for hydroxylation is 1. The van der Waals surface area contributed by atoms with Gasteiger partial charge in [0.2, 0.25) is 0 Å². The summed E-state index contributed by atoms with van der Waals surface area (Å²) in [5.74, 6) is 0. The lowest BCUT2D eigenvalue weighted by Crippen LogP contribution is -2.41. The first-order valence-corrected chi connectivity index (χ1v) is 7.28. The van der Waals surface area contributed by atoms with Crippen LogP contribution in [0.4, 0.5) is 0 Å². The molecule has 0 amide bonds. The summed E-state index contributed by atoms with van der Waals surface area (Å²) in [5, 5.41) is 0.800. The molecule has 1 aliphatic rings. The molecule has 1 fully saturated rings. The van der Waals surface area contributed by atoms with Gasteiger partial charge in [0.25, 0.3) is 0 Å². The van der Waals surface area contributed by atoms with Crippen molar-refractivity contribution in [2.45, 2.75) is 58.7 Å². The van der Waals surface area contributed by atoms with E-state index in [0.29, 0.717) is 0 Å². The molecule has 0 radical (unpaired) electrons. The third kappa shape index (κ3) is 2.83. The first-order chi connectivity index (χ1) is 8.77. The highest BCUT2D eigenvalue weighted by Crippen LogP contribution is 2.36. The van der Waals surface area contributed by atoms with Gasteiger partial charge in [-0.1, -0.05) is 37.1 Å². The number of rotatable bonds is 3. The molecule has 1 aromatic carbocycles. The maximum Gasteiger partial charge on any atom is 0.494 e. The Morgan fingerprint density at radius 3 is 2.16 bits per heavy atom. The zero-order valence-electron chi connectivity index (χ0n) is 12.4. The van der Waals surface area contributed by atoms with Crippen molar-refractivity contribution in [3.8, 4) is 0 Å². The standard InChI is InChI=1S/C15H22BClO2/c1-6-7-11-8-9-12(10-13(11)17)16-18-14(2,3)15(4,5)19-16/h8-10H,6-7H2,1-5H3. The van der Waals surface area contributed by atoms with E-state index in [4.69, 9.17) is 20.9 Å². The van der Waals surface area contributed by atoms with Crippen molar-refractivity contribution in [1.82, 2.24) is 0 Å². The highest BCUT2D eigenvalue weighted by molar-refractivity contribution is 6.62. The second kappa shape index (κ2) is 5.12. The van der Waals surface area contributed by atoms with Crippen LogP contribution in [0, 0.1) is 0 Å². The number of hydrogen-bond donors (Lipinski definition) is 0. The number of hydrogen-bond acceptors (Lipinski definition) is 2. The van der Waals surface area contributed by atoms with Crippen molar-refractivity contribution in [3.05, 3.63) is 28.8 Å². The summed E-state index contributed by atoms with van der Waals surface area (Å²) in [6.07, 6.45) is 2.10. The van der Waals surface area contributed by atoms with E-state index in [1.807, 2.05) is 6.07 Å². The molecule has 0 saturated carbocycles. The van der Waals surface area contributed by atoms with Gasteiger partial charge >= 0.3 is 7.12 Å². The highest BCUT2D eigenvalue weighted by atomic mass is 35.5. The molecule has 2 nitrogen and oxygen atoms in total. The summed E-state index contributed by atoms with van der Waals surface area (Å²) in [5.41, 5.74) is 1.55.